The van der Waals surface area contributed by atoms with Crippen molar-refractivity contribution in [2.24, 2.45) is 0 Å². The van der Waals surface area contributed by atoms with Crippen molar-refractivity contribution in [1.29, 1.82) is 0 Å². The molecule has 1 aliphatic rings. The van der Waals surface area contributed by atoms with Gasteiger partial charge in [0.25, 0.3) is 0 Å². The van der Waals surface area contributed by atoms with E-state index < -0.39 is 5.97 Å². The number of carbonyl (C=O) groups is 1. The summed E-state index contributed by atoms with van der Waals surface area (Å²) in [6, 6.07) is 8.45. The third-order valence-corrected chi connectivity index (χ3v) is 4.72. The molecule has 1 N–H and O–H groups in total. The molecular formula is C14H19NO2S. The smallest absolute Gasteiger partial charge is 0.323 e. The molecule has 0 bridgehead atoms. The van der Waals surface area contributed by atoms with Gasteiger partial charge in [0.15, 0.2) is 0 Å². The molecule has 1 saturated heterocycles. The van der Waals surface area contributed by atoms with Crippen LogP contribution in [0.15, 0.2) is 24.3 Å². The molecule has 2 atom stereocenters. The minimum atomic E-state index is -0.764. The first-order valence-corrected chi connectivity index (χ1v) is 7.29. The van der Waals surface area contributed by atoms with Crippen LogP contribution in [0.5, 0.6) is 0 Å². The zero-order valence-electron chi connectivity index (χ0n) is 10.8. The van der Waals surface area contributed by atoms with Crippen LogP contribution in [-0.4, -0.2) is 34.7 Å². The first-order valence-electron chi connectivity index (χ1n) is 6.24. The number of anilines is 1. The van der Waals surface area contributed by atoms with Crippen LogP contribution in [-0.2, 0) is 4.79 Å². The third-order valence-electron chi connectivity index (χ3n) is 3.41. The molecule has 0 spiro atoms. The summed E-state index contributed by atoms with van der Waals surface area (Å²) in [6.07, 6.45) is 1.06. The topological polar surface area (TPSA) is 40.5 Å². The Morgan fingerprint density at radius 2 is 2.11 bits per heavy atom. The van der Waals surface area contributed by atoms with Gasteiger partial charge in [-0.3, -0.25) is 4.79 Å². The van der Waals surface area contributed by atoms with Gasteiger partial charge in [0.1, 0.15) is 6.54 Å². The molecule has 98 valence electrons. The molecule has 1 fully saturated rings. The van der Waals surface area contributed by atoms with Gasteiger partial charge in [-0.25, -0.2) is 0 Å². The van der Waals surface area contributed by atoms with Crippen LogP contribution < -0.4 is 4.90 Å². The van der Waals surface area contributed by atoms with E-state index in [2.05, 4.69) is 6.92 Å². The van der Waals surface area contributed by atoms with Gasteiger partial charge in [-0.05, 0) is 31.2 Å². The largest absolute Gasteiger partial charge is 0.480 e. The Bertz CT molecular complexity index is 418. The van der Waals surface area contributed by atoms with Crippen LogP contribution in [0.25, 0.3) is 0 Å². The fourth-order valence-corrected chi connectivity index (χ4v) is 3.67. The van der Waals surface area contributed by atoms with E-state index in [0.717, 1.165) is 17.9 Å². The molecule has 2 rings (SSSR count). The summed E-state index contributed by atoms with van der Waals surface area (Å²) in [5, 5.41) is 9.59. The van der Waals surface area contributed by atoms with E-state index in [9.17, 15) is 4.79 Å². The SMILES string of the molecule is Cc1ccc(N(CC(=O)O)C2CCSC2C)cc1. The standard InChI is InChI=1S/C14H19NO2S/c1-10-3-5-12(6-4-10)15(9-14(16)17)13-7-8-18-11(13)2/h3-6,11,13H,7-9H2,1-2H3,(H,16,17). The van der Waals surface area contributed by atoms with Crippen LogP contribution in [0.2, 0.25) is 0 Å². The molecule has 18 heavy (non-hydrogen) atoms. The number of rotatable bonds is 4. The Balaban J connectivity index is 2.24. The van der Waals surface area contributed by atoms with Crippen LogP contribution in [0.4, 0.5) is 5.69 Å². The quantitative estimate of drug-likeness (QED) is 0.909. The molecule has 1 aromatic carbocycles. The van der Waals surface area contributed by atoms with Crippen molar-refractivity contribution in [1.82, 2.24) is 0 Å². The van der Waals surface area contributed by atoms with E-state index in [0.29, 0.717) is 11.3 Å². The van der Waals surface area contributed by atoms with Crippen molar-refractivity contribution in [3.63, 3.8) is 0 Å². The summed E-state index contributed by atoms with van der Waals surface area (Å²) in [4.78, 5) is 13.1. The maximum Gasteiger partial charge on any atom is 0.323 e. The predicted molar refractivity (Wildman–Crippen MR) is 76.5 cm³/mol. The van der Waals surface area contributed by atoms with Crippen LogP contribution in [0.1, 0.15) is 18.9 Å². The number of aryl methyl sites for hydroxylation is 1. The molecule has 3 nitrogen and oxygen atoms in total. The molecule has 0 aromatic heterocycles. The zero-order chi connectivity index (χ0) is 13.1. The normalized spacial score (nSPS) is 23.0. The highest BCUT2D eigenvalue weighted by Crippen LogP contribution is 2.33. The average molecular weight is 265 g/mol. The van der Waals surface area contributed by atoms with Crippen LogP contribution in [0.3, 0.4) is 0 Å². The Hall–Kier alpha value is -1.16. The van der Waals surface area contributed by atoms with Crippen LogP contribution >= 0.6 is 11.8 Å². The van der Waals surface area contributed by atoms with Crippen molar-refractivity contribution in [2.45, 2.75) is 31.6 Å². The number of hydrogen-bond donors (Lipinski definition) is 1. The number of nitrogens with zero attached hydrogens (tertiary/aromatic N) is 1. The summed E-state index contributed by atoms with van der Waals surface area (Å²) < 4.78 is 0. The second kappa shape index (κ2) is 5.65. The number of carboxylic acid groups (broad SMARTS) is 1. The summed E-state index contributed by atoms with van der Waals surface area (Å²) in [7, 11) is 0. The summed E-state index contributed by atoms with van der Waals surface area (Å²) >= 11 is 1.92. The first kappa shape index (κ1) is 13.3. The van der Waals surface area contributed by atoms with Crippen molar-refractivity contribution in [3.8, 4) is 0 Å². The molecule has 1 aromatic rings. The molecule has 2 unspecified atom stereocenters. The van der Waals surface area contributed by atoms with E-state index in [4.69, 9.17) is 5.11 Å². The van der Waals surface area contributed by atoms with E-state index in [-0.39, 0.29) is 6.54 Å². The molecular weight excluding hydrogens is 246 g/mol. The van der Waals surface area contributed by atoms with Crippen molar-refractivity contribution < 1.29 is 9.90 Å². The highest BCUT2D eigenvalue weighted by molar-refractivity contribution is 8.00. The fourth-order valence-electron chi connectivity index (χ4n) is 2.41. The monoisotopic (exact) mass is 265 g/mol. The Morgan fingerprint density at radius 1 is 1.44 bits per heavy atom. The van der Waals surface area contributed by atoms with Gasteiger partial charge in [0, 0.05) is 17.0 Å². The molecule has 0 amide bonds. The Kier molecular flexibility index (Phi) is 4.17. The summed E-state index contributed by atoms with van der Waals surface area (Å²) in [5.41, 5.74) is 2.21. The number of benzene rings is 1. The maximum absolute atomic E-state index is 11.1. The molecule has 0 aliphatic carbocycles. The number of aliphatic carboxylic acids is 1. The second-order valence-electron chi connectivity index (χ2n) is 4.79. The van der Waals surface area contributed by atoms with Crippen molar-refractivity contribution in [2.75, 3.05) is 17.2 Å². The predicted octanol–water partition coefficient (Wildman–Crippen LogP) is 2.78. The van der Waals surface area contributed by atoms with Gasteiger partial charge in [0.2, 0.25) is 0 Å². The fraction of sp³-hybridized carbons (Fsp3) is 0.500. The summed E-state index contributed by atoms with van der Waals surface area (Å²) in [5.74, 6) is 0.355. The lowest BCUT2D eigenvalue weighted by molar-refractivity contribution is -0.135. The Labute approximate surface area is 112 Å². The van der Waals surface area contributed by atoms with E-state index in [1.54, 1.807) is 0 Å². The average Bonchev–Trinajstić information content (AvgIpc) is 2.73. The van der Waals surface area contributed by atoms with Crippen LogP contribution in [0, 0.1) is 6.92 Å². The minimum absolute atomic E-state index is 0.0820. The second-order valence-corrected chi connectivity index (χ2v) is 6.27. The van der Waals surface area contributed by atoms with Gasteiger partial charge in [-0.1, -0.05) is 24.6 Å². The van der Waals surface area contributed by atoms with Gasteiger partial charge in [-0.15, -0.1) is 0 Å². The van der Waals surface area contributed by atoms with E-state index in [1.165, 1.54) is 5.56 Å². The number of carboxylic acids is 1. The maximum atomic E-state index is 11.1. The van der Waals surface area contributed by atoms with E-state index >= 15 is 0 Å². The molecule has 1 heterocycles. The molecule has 0 radical (unpaired) electrons. The number of hydrogen-bond acceptors (Lipinski definition) is 3. The lowest BCUT2D eigenvalue weighted by Crippen LogP contribution is -2.42. The highest BCUT2D eigenvalue weighted by Gasteiger charge is 2.30. The molecule has 0 saturated carbocycles. The van der Waals surface area contributed by atoms with Gasteiger partial charge in [-0.2, -0.15) is 11.8 Å². The van der Waals surface area contributed by atoms with Gasteiger partial charge >= 0.3 is 5.97 Å². The zero-order valence-corrected chi connectivity index (χ0v) is 11.6. The first-order chi connectivity index (χ1) is 8.58. The molecule has 4 heteroatoms. The lowest BCUT2D eigenvalue weighted by Gasteiger charge is -2.32. The lowest BCUT2D eigenvalue weighted by atomic mass is 10.1. The van der Waals surface area contributed by atoms with Crippen molar-refractivity contribution in [3.05, 3.63) is 29.8 Å². The van der Waals surface area contributed by atoms with Gasteiger partial charge in [0.05, 0.1) is 0 Å². The number of thioether (sulfide) groups is 1. The highest BCUT2D eigenvalue weighted by atomic mass is 32.2. The Morgan fingerprint density at radius 3 is 2.61 bits per heavy atom. The molecule has 1 aliphatic heterocycles. The third kappa shape index (κ3) is 2.99. The van der Waals surface area contributed by atoms with E-state index in [1.807, 2.05) is 47.9 Å². The van der Waals surface area contributed by atoms with Gasteiger partial charge < -0.3 is 10.0 Å². The minimum Gasteiger partial charge on any atom is -0.480 e. The summed E-state index contributed by atoms with van der Waals surface area (Å²) in [6.45, 7) is 4.31. The van der Waals surface area contributed by atoms with Crippen molar-refractivity contribution >= 4 is 23.4 Å².